The lowest BCUT2D eigenvalue weighted by molar-refractivity contribution is 0.0846. The molecule has 0 aliphatic rings. The van der Waals surface area contributed by atoms with Gasteiger partial charge in [-0.05, 0) is 60.7 Å². The van der Waals surface area contributed by atoms with E-state index in [1.165, 1.54) is 13.2 Å². The maximum absolute atomic E-state index is 12.4. The van der Waals surface area contributed by atoms with E-state index in [-0.39, 0.29) is 11.5 Å². The first-order valence-corrected chi connectivity index (χ1v) is 9.67. The number of benzene rings is 3. The van der Waals surface area contributed by atoms with Gasteiger partial charge in [0.25, 0.3) is 17.7 Å². The average Bonchev–Trinajstić information content (AvgIpc) is 2.78. The van der Waals surface area contributed by atoms with Crippen LogP contribution in [0.3, 0.4) is 0 Å². The molecule has 0 aromatic heterocycles. The van der Waals surface area contributed by atoms with Crippen LogP contribution in [0.1, 0.15) is 31.1 Å². The van der Waals surface area contributed by atoms with E-state index in [1.807, 2.05) is 0 Å². The van der Waals surface area contributed by atoms with Gasteiger partial charge in [-0.2, -0.15) is 0 Å². The Morgan fingerprint density at radius 1 is 0.733 bits per heavy atom. The summed E-state index contributed by atoms with van der Waals surface area (Å²) >= 11 is 3.30. The molecule has 0 radical (unpaired) electrons. The summed E-state index contributed by atoms with van der Waals surface area (Å²) in [5.74, 6) is -0.733. The lowest BCUT2D eigenvalue weighted by Gasteiger charge is -2.10. The van der Waals surface area contributed by atoms with Gasteiger partial charge in [-0.3, -0.25) is 25.2 Å². The monoisotopic (exact) mass is 467 g/mol. The summed E-state index contributed by atoms with van der Waals surface area (Å²) in [6, 6.07) is 19.8. The van der Waals surface area contributed by atoms with Crippen molar-refractivity contribution in [2.24, 2.45) is 0 Å². The number of ether oxygens (including phenoxy) is 1. The molecular weight excluding hydrogens is 450 g/mol. The third kappa shape index (κ3) is 5.45. The van der Waals surface area contributed by atoms with Gasteiger partial charge in [0.15, 0.2) is 0 Å². The van der Waals surface area contributed by atoms with E-state index in [0.717, 1.165) is 4.47 Å². The molecule has 152 valence electrons. The molecule has 0 bridgehead atoms. The molecule has 0 aliphatic heterocycles. The van der Waals surface area contributed by atoms with Crippen molar-refractivity contribution in [1.82, 2.24) is 10.9 Å². The van der Waals surface area contributed by atoms with Gasteiger partial charge in [0.05, 0.1) is 7.11 Å². The first-order chi connectivity index (χ1) is 14.5. The molecule has 7 nitrogen and oxygen atoms in total. The first-order valence-electron chi connectivity index (χ1n) is 8.88. The zero-order valence-electron chi connectivity index (χ0n) is 15.9. The highest BCUT2D eigenvalue weighted by molar-refractivity contribution is 9.10. The molecule has 3 rings (SSSR count). The van der Waals surface area contributed by atoms with E-state index in [4.69, 9.17) is 4.74 Å². The summed E-state index contributed by atoms with van der Waals surface area (Å²) < 4.78 is 5.96. The van der Waals surface area contributed by atoms with Gasteiger partial charge in [-0.1, -0.05) is 28.1 Å². The van der Waals surface area contributed by atoms with Crippen LogP contribution in [0, 0.1) is 0 Å². The van der Waals surface area contributed by atoms with Crippen LogP contribution in [0.2, 0.25) is 0 Å². The molecule has 3 aromatic carbocycles. The Balaban J connectivity index is 1.62. The van der Waals surface area contributed by atoms with Crippen LogP contribution in [-0.4, -0.2) is 24.8 Å². The maximum Gasteiger partial charge on any atom is 0.269 e. The van der Waals surface area contributed by atoms with E-state index in [1.54, 1.807) is 66.7 Å². The highest BCUT2D eigenvalue weighted by Gasteiger charge is 2.12. The predicted octanol–water partition coefficient (Wildman–Crippen LogP) is 3.78. The second-order valence-electron chi connectivity index (χ2n) is 6.18. The number of hydrogen-bond donors (Lipinski definition) is 3. The van der Waals surface area contributed by atoms with E-state index < -0.39 is 11.8 Å². The molecule has 3 N–H and O–H groups in total. The lowest BCUT2D eigenvalue weighted by Crippen LogP contribution is -2.41. The first kappa shape index (κ1) is 21.1. The Hall–Kier alpha value is -3.65. The number of halogens is 1. The molecule has 0 unspecified atom stereocenters. The van der Waals surface area contributed by atoms with E-state index in [0.29, 0.717) is 22.6 Å². The van der Waals surface area contributed by atoms with Crippen LogP contribution in [-0.2, 0) is 0 Å². The SMILES string of the molecule is COc1cccc(C(=O)Nc2cccc(C(=O)NNC(=O)c3ccc(Br)cc3)c2)c1. The Morgan fingerprint density at radius 2 is 1.33 bits per heavy atom. The van der Waals surface area contributed by atoms with Crippen molar-refractivity contribution >= 4 is 39.3 Å². The summed E-state index contributed by atoms with van der Waals surface area (Å²) in [6.07, 6.45) is 0. The average molecular weight is 468 g/mol. The Kier molecular flexibility index (Phi) is 6.82. The van der Waals surface area contributed by atoms with Crippen LogP contribution in [0.4, 0.5) is 5.69 Å². The van der Waals surface area contributed by atoms with E-state index in [9.17, 15) is 14.4 Å². The molecular formula is C22H18BrN3O4. The summed E-state index contributed by atoms with van der Waals surface area (Å²) in [7, 11) is 1.52. The third-order valence-corrected chi connectivity index (χ3v) is 4.64. The molecule has 0 atom stereocenters. The zero-order chi connectivity index (χ0) is 21.5. The molecule has 8 heteroatoms. The van der Waals surface area contributed by atoms with Crippen LogP contribution in [0.15, 0.2) is 77.3 Å². The van der Waals surface area contributed by atoms with Gasteiger partial charge in [-0.25, -0.2) is 0 Å². The molecule has 0 fully saturated rings. The number of rotatable bonds is 5. The zero-order valence-corrected chi connectivity index (χ0v) is 17.5. The van der Waals surface area contributed by atoms with Crippen LogP contribution >= 0.6 is 15.9 Å². The molecule has 3 amide bonds. The number of amides is 3. The van der Waals surface area contributed by atoms with Crippen molar-refractivity contribution in [3.8, 4) is 5.75 Å². The second-order valence-corrected chi connectivity index (χ2v) is 7.10. The van der Waals surface area contributed by atoms with Crippen molar-refractivity contribution < 1.29 is 19.1 Å². The van der Waals surface area contributed by atoms with Gasteiger partial charge >= 0.3 is 0 Å². The largest absolute Gasteiger partial charge is 0.497 e. The number of nitrogens with one attached hydrogen (secondary N) is 3. The predicted molar refractivity (Wildman–Crippen MR) is 116 cm³/mol. The number of hydrazine groups is 1. The van der Waals surface area contributed by atoms with Crippen molar-refractivity contribution in [1.29, 1.82) is 0 Å². The minimum atomic E-state index is -0.516. The van der Waals surface area contributed by atoms with E-state index >= 15 is 0 Å². The summed E-state index contributed by atoms with van der Waals surface area (Å²) in [5.41, 5.74) is 6.26. The second kappa shape index (κ2) is 9.71. The molecule has 0 saturated heterocycles. The van der Waals surface area contributed by atoms with Gasteiger partial charge in [-0.15, -0.1) is 0 Å². The molecule has 30 heavy (non-hydrogen) atoms. The molecule has 0 heterocycles. The number of carbonyl (C=O) groups is 3. The summed E-state index contributed by atoms with van der Waals surface area (Å²) in [5, 5.41) is 2.73. The standard InChI is InChI=1S/C22H18BrN3O4/c1-30-19-7-3-5-16(13-19)20(27)24-18-6-2-4-15(12-18)22(29)26-25-21(28)14-8-10-17(23)11-9-14/h2-13H,1H3,(H,24,27)(H,25,28)(H,26,29). The topological polar surface area (TPSA) is 96.5 Å². The highest BCUT2D eigenvalue weighted by Crippen LogP contribution is 2.16. The molecule has 0 aliphatic carbocycles. The molecule has 0 saturated carbocycles. The molecule has 3 aromatic rings. The minimum Gasteiger partial charge on any atom is -0.497 e. The maximum atomic E-state index is 12.4. The van der Waals surface area contributed by atoms with Gasteiger partial charge in [0, 0.05) is 26.9 Å². The van der Waals surface area contributed by atoms with Crippen LogP contribution < -0.4 is 20.9 Å². The van der Waals surface area contributed by atoms with Gasteiger partial charge in [0.1, 0.15) is 5.75 Å². The fourth-order valence-electron chi connectivity index (χ4n) is 2.56. The number of hydrogen-bond acceptors (Lipinski definition) is 4. The quantitative estimate of drug-likeness (QED) is 0.497. The molecule has 0 spiro atoms. The van der Waals surface area contributed by atoms with Crippen molar-refractivity contribution in [3.05, 3.63) is 94.0 Å². The third-order valence-electron chi connectivity index (χ3n) is 4.11. The van der Waals surface area contributed by atoms with Gasteiger partial charge < -0.3 is 10.1 Å². The number of carbonyl (C=O) groups excluding carboxylic acids is 3. The number of methoxy groups -OCH3 is 1. The van der Waals surface area contributed by atoms with Crippen molar-refractivity contribution in [2.75, 3.05) is 12.4 Å². The van der Waals surface area contributed by atoms with Crippen LogP contribution in [0.5, 0.6) is 5.75 Å². The summed E-state index contributed by atoms with van der Waals surface area (Å²) in [4.78, 5) is 36.9. The Bertz CT molecular complexity index is 1080. The van der Waals surface area contributed by atoms with E-state index in [2.05, 4.69) is 32.1 Å². The van der Waals surface area contributed by atoms with Crippen LogP contribution in [0.25, 0.3) is 0 Å². The fraction of sp³-hybridized carbons (Fsp3) is 0.0455. The van der Waals surface area contributed by atoms with Gasteiger partial charge in [0.2, 0.25) is 0 Å². The smallest absolute Gasteiger partial charge is 0.269 e. The summed E-state index contributed by atoms with van der Waals surface area (Å²) in [6.45, 7) is 0. The van der Waals surface area contributed by atoms with Crippen molar-refractivity contribution in [3.63, 3.8) is 0 Å². The normalized spacial score (nSPS) is 10.1. The lowest BCUT2D eigenvalue weighted by atomic mass is 10.1. The highest BCUT2D eigenvalue weighted by atomic mass is 79.9. The minimum absolute atomic E-state index is 0.273. The Labute approximate surface area is 181 Å². The Morgan fingerprint density at radius 3 is 2.00 bits per heavy atom. The fourth-order valence-corrected chi connectivity index (χ4v) is 2.83. The van der Waals surface area contributed by atoms with Crippen molar-refractivity contribution in [2.45, 2.75) is 0 Å². The number of anilines is 1.